The molecule has 32 heavy (non-hydrogen) atoms. The van der Waals surface area contributed by atoms with Gasteiger partial charge in [-0.05, 0) is 63.0 Å². The molecule has 0 radical (unpaired) electrons. The summed E-state index contributed by atoms with van der Waals surface area (Å²) in [4.78, 5) is 44.1. The fourth-order valence-corrected chi connectivity index (χ4v) is 6.65. The molecule has 2 saturated carbocycles. The number of fused-ring (bicyclic) bond motifs is 1. The van der Waals surface area contributed by atoms with Gasteiger partial charge in [0.05, 0.1) is 18.3 Å². The summed E-state index contributed by atoms with van der Waals surface area (Å²) in [7, 11) is 3.68. The van der Waals surface area contributed by atoms with Gasteiger partial charge in [0.1, 0.15) is 0 Å². The molecule has 0 aromatic carbocycles. The SMILES string of the molecule is CC(=O)N1C2CCC(C3CCCC(C(=O)N(C)C)C3)CC2N(C(=O)c2ccco2)C[C@@H]1C. The molecule has 1 aliphatic heterocycles. The van der Waals surface area contributed by atoms with Crippen LogP contribution in [0.3, 0.4) is 0 Å². The molecule has 7 heteroatoms. The van der Waals surface area contributed by atoms with E-state index in [2.05, 4.69) is 0 Å². The second-order valence-corrected chi connectivity index (χ2v) is 10.3. The highest BCUT2D eigenvalue weighted by Gasteiger charge is 2.48. The lowest BCUT2D eigenvalue weighted by atomic mass is 9.67. The van der Waals surface area contributed by atoms with Crippen molar-refractivity contribution in [3.05, 3.63) is 24.2 Å². The standard InChI is InChI=1S/C25H37N3O4/c1-16-15-27(25(31)23-9-6-12-32-23)22-14-19(10-11-21(22)28(16)17(2)29)18-7-5-8-20(13-18)24(30)26(3)4/h6,9,12,16,18-22H,5,7-8,10-11,13-15H2,1-4H3/t16-,18?,19?,20?,21?,22?/m0/s1. The minimum Gasteiger partial charge on any atom is -0.459 e. The summed E-state index contributed by atoms with van der Waals surface area (Å²) in [6, 6.07) is 3.50. The summed E-state index contributed by atoms with van der Waals surface area (Å²) < 4.78 is 5.43. The molecule has 1 aromatic rings. The van der Waals surface area contributed by atoms with Crippen molar-refractivity contribution in [3.63, 3.8) is 0 Å². The number of amides is 3. The first-order valence-corrected chi connectivity index (χ1v) is 12.1. The van der Waals surface area contributed by atoms with E-state index in [1.54, 1.807) is 24.0 Å². The van der Waals surface area contributed by atoms with Crippen LogP contribution in [0.2, 0.25) is 0 Å². The Labute approximate surface area is 191 Å². The highest BCUT2D eigenvalue weighted by molar-refractivity contribution is 5.92. The summed E-state index contributed by atoms with van der Waals surface area (Å²) in [5.74, 6) is 1.71. The second-order valence-electron chi connectivity index (χ2n) is 10.3. The lowest BCUT2D eigenvalue weighted by molar-refractivity contribution is -0.142. The smallest absolute Gasteiger partial charge is 0.289 e. The van der Waals surface area contributed by atoms with Gasteiger partial charge in [-0.3, -0.25) is 14.4 Å². The zero-order chi connectivity index (χ0) is 23.0. The van der Waals surface area contributed by atoms with Crippen molar-refractivity contribution in [3.8, 4) is 0 Å². The number of hydrogen-bond acceptors (Lipinski definition) is 4. The lowest BCUT2D eigenvalue weighted by Crippen LogP contribution is -2.67. The summed E-state index contributed by atoms with van der Waals surface area (Å²) in [6.07, 6.45) is 8.54. The van der Waals surface area contributed by atoms with E-state index in [4.69, 9.17) is 4.42 Å². The van der Waals surface area contributed by atoms with Crippen molar-refractivity contribution in [2.24, 2.45) is 17.8 Å². The first-order chi connectivity index (χ1) is 15.3. The van der Waals surface area contributed by atoms with Crippen LogP contribution >= 0.6 is 0 Å². The predicted molar refractivity (Wildman–Crippen MR) is 121 cm³/mol. The van der Waals surface area contributed by atoms with Crippen LogP contribution in [-0.4, -0.2) is 71.2 Å². The summed E-state index contributed by atoms with van der Waals surface area (Å²) in [6.45, 7) is 4.20. The number of carbonyl (C=O) groups excluding carboxylic acids is 3. The van der Waals surface area contributed by atoms with Crippen LogP contribution in [0.4, 0.5) is 0 Å². The zero-order valence-corrected chi connectivity index (χ0v) is 19.8. The highest BCUT2D eigenvalue weighted by Crippen LogP contribution is 2.44. The molecule has 3 amide bonds. The van der Waals surface area contributed by atoms with Gasteiger partial charge in [-0.25, -0.2) is 0 Å². The van der Waals surface area contributed by atoms with Gasteiger partial charge in [0, 0.05) is 39.5 Å². The molecule has 7 nitrogen and oxygen atoms in total. The molecule has 5 unspecified atom stereocenters. The van der Waals surface area contributed by atoms with Crippen molar-refractivity contribution >= 4 is 17.7 Å². The molecule has 0 spiro atoms. The van der Waals surface area contributed by atoms with E-state index in [1.165, 1.54) is 6.26 Å². The first-order valence-electron chi connectivity index (χ1n) is 12.1. The third kappa shape index (κ3) is 4.30. The van der Waals surface area contributed by atoms with Gasteiger partial charge in [-0.2, -0.15) is 0 Å². The van der Waals surface area contributed by atoms with Gasteiger partial charge in [0.25, 0.3) is 5.91 Å². The number of nitrogens with zero attached hydrogens (tertiary/aromatic N) is 3. The number of piperazine rings is 1. The second kappa shape index (κ2) is 9.28. The Morgan fingerprint density at radius 3 is 2.44 bits per heavy atom. The molecule has 2 aliphatic carbocycles. The number of carbonyl (C=O) groups is 3. The maximum absolute atomic E-state index is 13.3. The number of rotatable bonds is 3. The van der Waals surface area contributed by atoms with Gasteiger partial charge in [0.2, 0.25) is 11.8 Å². The predicted octanol–water partition coefficient (Wildman–Crippen LogP) is 3.40. The van der Waals surface area contributed by atoms with Crippen LogP contribution in [0.1, 0.15) is 69.3 Å². The average Bonchev–Trinajstić information content (AvgIpc) is 3.32. The molecule has 3 fully saturated rings. The maximum Gasteiger partial charge on any atom is 0.289 e. The Bertz CT molecular complexity index is 836. The van der Waals surface area contributed by atoms with Crippen molar-refractivity contribution < 1.29 is 18.8 Å². The monoisotopic (exact) mass is 443 g/mol. The largest absolute Gasteiger partial charge is 0.459 e. The Kier molecular flexibility index (Phi) is 6.63. The average molecular weight is 444 g/mol. The van der Waals surface area contributed by atoms with E-state index in [9.17, 15) is 14.4 Å². The summed E-state index contributed by atoms with van der Waals surface area (Å²) in [5, 5.41) is 0. The van der Waals surface area contributed by atoms with Crippen molar-refractivity contribution in [2.45, 2.75) is 76.9 Å². The maximum atomic E-state index is 13.3. The third-order valence-electron chi connectivity index (χ3n) is 8.04. The van der Waals surface area contributed by atoms with E-state index in [0.717, 1.165) is 44.9 Å². The molecule has 4 rings (SSSR count). The quantitative estimate of drug-likeness (QED) is 0.718. The molecule has 3 aliphatic rings. The minimum atomic E-state index is -0.0787. The number of furan rings is 1. The Balaban J connectivity index is 1.55. The van der Waals surface area contributed by atoms with Crippen LogP contribution in [-0.2, 0) is 9.59 Å². The molecule has 176 valence electrons. The van der Waals surface area contributed by atoms with E-state index < -0.39 is 0 Å². The summed E-state index contributed by atoms with van der Waals surface area (Å²) >= 11 is 0. The lowest BCUT2D eigenvalue weighted by Gasteiger charge is -2.54. The fraction of sp³-hybridized carbons (Fsp3) is 0.720. The molecule has 0 N–H and O–H groups in total. The zero-order valence-electron chi connectivity index (χ0n) is 19.8. The molecule has 2 heterocycles. The van der Waals surface area contributed by atoms with Gasteiger partial charge in [0.15, 0.2) is 5.76 Å². The molecule has 0 bridgehead atoms. The van der Waals surface area contributed by atoms with Crippen LogP contribution in [0.5, 0.6) is 0 Å². The highest BCUT2D eigenvalue weighted by atomic mass is 16.3. The Morgan fingerprint density at radius 1 is 1.03 bits per heavy atom. The van der Waals surface area contributed by atoms with Crippen molar-refractivity contribution in [1.82, 2.24) is 14.7 Å². The van der Waals surface area contributed by atoms with Crippen LogP contribution in [0.15, 0.2) is 22.8 Å². The molecular formula is C25H37N3O4. The Morgan fingerprint density at radius 2 is 1.78 bits per heavy atom. The Hall–Kier alpha value is -2.31. The third-order valence-corrected chi connectivity index (χ3v) is 8.04. The van der Waals surface area contributed by atoms with Gasteiger partial charge >= 0.3 is 0 Å². The van der Waals surface area contributed by atoms with E-state index in [0.29, 0.717) is 24.1 Å². The van der Waals surface area contributed by atoms with E-state index >= 15 is 0 Å². The first kappa shape index (κ1) is 22.9. The number of hydrogen-bond donors (Lipinski definition) is 0. The van der Waals surface area contributed by atoms with Crippen LogP contribution in [0, 0.1) is 17.8 Å². The van der Waals surface area contributed by atoms with Crippen molar-refractivity contribution in [1.29, 1.82) is 0 Å². The van der Waals surface area contributed by atoms with Gasteiger partial charge in [-0.15, -0.1) is 0 Å². The molecular weight excluding hydrogens is 406 g/mol. The minimum absolute atomic E-state index is 0.00335. The van der Waals surface area contributed by atoms with Gasteiger partial charge < -0.3 is 19.1 Å². The van der Waals surface area contributed by atoms with Crippen LogP contribution < -0.4 is 0 Å². The van der Waals surface area contributed by atoms with E-state index in [1.807, 2.05) is 30.8 Å². The summed E-state index contributed by atoms with van der Waals surface area (Å²) in [5.41, 5.74) is 0. The molecule has 1 saturated heterocycles. The van der Waals surface area contributed by atoms with Gasteiger partial charge in [-0.1, -0.05) is 12.8 Å². The van der Waals surface area contributed by atoms with E-state index in [-0.39, 0.29) is 41.8 Å². The fourth-order valence-electron chi connectivity index (χ4n) is 6.65. The molecule has 1 aromatic heterocycles. The van der Waals surface area contributed by atoms with Crippen LogP contribution in [0.25, 0.3) is 0 Å². The topological polar surface area (TPSA) is 74.1 Å². The molecule has 6 atom stereocenters. The van der Waals surface area contributed by atoms with Crippen molar-refractivity contribution in [2.75, 3.05) is 20.6 Å². The normalized spacial score (nSPS) is 32.9.